The summed E-state index contributed by atoms with van der Waals surface area (Å²) >= 11 is 1.06. The van der Waals surface area contributed by atoms with Gasteiger partial charge in [-0.05, 0) is 24.4 Å². The Bertz CT molecular complexity index is 323. The van der Waals surface area contributed by atoms with Gasteiger partial charge in [-0.1, -0.05) is 6.07 Å². The summed E-state index contributed by atoms with van der Waals surface area (Å²) in [4.78, 5) is 0. The van der Waals surface area contributed by atoms with Gasteiger partial charge in [0, 0.05) is 0 Å². The van der Waals surface area contributed by atoms with Crippen LogP contribution in [0, 0.1) is 0 Å². The van der Waals surface area contributed by atoms with E-state index in [2.05, 4.69) is 0 Å². The molecule has 0 fully saturated rings. The molecule has 0 aromatic carbocycles. The van der Waals surface area contributed by atoms with Crippen molar-refractivity contribution in [3.63, 3.8) is 0 Å². The highest BCUT2D eigenvalue weighted by molar-refractivity contribution is 7.88. The van der Waals surface area contributed by atoms with Crippen molar-refractivity contribution in [1.29, 1.82) is 0 Å². The molecule has 7 heteroatoms. The number of hydrogen-bond acceptors (Lipinski definition) is 3. The predicted octanol–water partition coefficient (Wildman–Crippen LogP) is 2.14. The van der Waals surface area contributed by atoms with E-state index in [1.54, 1.807) is 11.4 Å². The quantitative estimate of drug-likeness (QED) is 0.898. The lowest BCUT2D eigenvalue weighted by Gasteiger charge is -2.17. The Hall–Kier alpha value is -0.400. The van der Waals surface area contributed by atoms with Crippen LogP contribution >= 0.6 is 11.3 Å². The molecule has 1 rings (SSSR count). The average Bonchev–Trinajstić information content (AvgIpc) is 2.63. The van der Waals surface area contributed by atoms with Crippen LogP contribution < -0.4 is 5.73 Å². The van der Waals surface area contributed by atoms with Crippen molar-refractivity contribution >= 4 is 22.1 Å². The Morgan fingerprint density at radius 2 is 2.20 bits per heavy atom. The minimum Gasteiger partial charge on any atom is -0.330 e. The predicted molar refractivity (Wildman–Crippen MR) is 54.2 cm³/mol. The molecular weight excluding hydrogens is 247 g/mol. The average molecular weight is 257 g/mol. The van der Waals surface area contributed by atoms with Crippen molar-refractivity contribution < 1.29 is 17.4 Å². The van der Waals surface area contributed by atoms with Gasteiger partial charge < -0.3 is 5.73 Å². The minimum absolute atomic E-state index is 0.124. The molecule has 86 valence electrons. The van der Waals surface area contributed by atoms with Crippen LogP contribution in [0.4, 0.5) is 13.2 Å². The summed E-state index contributed by atoms with van der Waals surface area (Å²) in [6.07, 6.45) is -4.78. The van der Waals surface area contributed by atoms with E-state index in [1.807, 2.05) is 0 Å². The maximum absolute atomic E-state index is 12.5. The molecule has 0 aliphatic rings. The molecular formula is C8H10F3NOS2. The lowest BCUT2D eigenvalue weighted by atomic mass is 10.3. The van der Waals surface area contributed by atoms with Crippen molar-refractivity contribution in [3.8, 4) is 0 Å². The van der Waals surface area contributed by atoms with E-state index in [1.165, 1.54) is 6.07 Å². The zero-order valence-electron chi connectivity index (χ0n) is 7.66. The summed E-state index contributed by atoms with van der Waals surface area (Å²) in [7, 11) is -2.05. The maximum atomic E-state index is 12.5. The van der Waals surface area contributed by atoms with Gasteiger partial charge in [-0.15, -0.1) is 11.3 Å². The van der Waals surface area contributed by atoms with Crippen LogP contribution in [0.25, 0.3) is 0 Å². The second kappa shape index (κ2) is 5.09. The Kier molecular flexibility index (Phi) is 4.30. The SMILES string of the molecule is NCCC(S(=O)c1cccs1)C(F)(F)F. The molecule has 15 heavy (non-hydrogen) atoms. The van der Waals surface area contributed by atoms with E-state index in [0.717, 1.165) is 11.3 Å². The summed E-state index contributed by atoms with van der Waals surface area (Å²) in [5, 5.41) is -0.260. The number of rotatable bonds is 4. The van der Waals surface area contributed by atoms with Gasteiger partial charge in [0.15, 0.2) is 0 Å². The molecule has 0 aliphatic heterocycles. The molecule has 0 spiro atoms. The summed E-state index contributed by atoms with van der Waals surface area (Å²) in [6.45, 7) is -0.124. The first kappa shape index (κ1) is 12.7. The molecule has 2 nitrogen and oxygen atoms in total. The molecule has 2 N–H and O–H groups in total. The van der Waals surface area contributed by atoms with Crippen LogP contribution in [0.15, 0.2) is 21.7 Å². The van der Waals surface area contributed by atoms with E-state index in [-0.39, 0.29) is 17.2 Å². The first-order valence-corrected chi connectivity index (χ1v) is 6.27. The van der Waals surface area contributed by atoms with Crippen LogP contribution in [0.1, 0.15) is 6.42 Å². The lowest BCUT2D eigenvalue weighted by molar-refractivity contribution is -0.130. The van der Waals surface area contributed by atoms with Crippen LogP contribution in [-0.4, -0.2) is 22.2 Å². The molecule has 0 aliphatic carbocycles. The van der Waals surface area contributed by atoms with Crippen LogP contribution in [-0.2, 0) is 10.8 Å². The third-order valence-corrected chi connectivity index (χ3v) is 4.74. The Morgan fingerprint density at radius 3 is 2.60 bits per heavy atom. The highest BCUT2D eigenvalue weighted by atomic mass is 32.2. The Labute approximate surface area is 91.7 Å². The van der Waals surface area contributed by atoms with Crippen LogP contribution in [0.5, 0.6) is 0 Å². The highest BCUT2D eigenvalue weighted by Crippen LogP contribution is 2.31. The minimum atomic E-state index is -4.46. The van der Waals surface area contributed by atoms with Gasteiger partial charge in [-0.3, -0.25) is 4.21 Å². The molecule has 2 atom stereocenters. The largest absolute Gasteiger partial charge is 0.403 e. The first-order chi connectivity index (χ1) is 6.96. The molecule has 0 bridgehead atoms. The summed E-state index contributed by atoms with van der Waals surface area (Å²) in [5.74, 6) is 0. The third kappa shape index (κ3) is 3.29. The van der Waals surface area contributed by atoms with E-state index in [9.17, 15) is 17.4 Å². The number of nitrogens with two attached hydrogens (primary N) is 1. The molecule has 2 unspecified atom stereocenters. The summed E-state index contributed by atoms with van der Waals surface area (Å²) < 4.78 is 49.3. The van der Waals surface area contributed by atoms with Crippen molar-refractivity contribution in [1.82, 2.24) is 0 Å². The maximum Gasteiger partial charge on any atom is 0.403 e. The number of thiophene rings is 1. The van der Waals surface area contributed by atoms with Crippen molar-refractivity contribution in [3.05, 3.63) is 17.5 Å². The lowest BCUT2D eigenvalue weighted by Crippen LogP contribution is -2.34. The Morgan fingerprint density at radius 1 is 1.53 bits per heavy atom. The summed E-state index contributed by atoms with van der Waals surface area (Å²) in [5.41, 5.74) is 5.09. The number of hydrogen-bond donors (Lipinski definition) is 1. The first-order valence-electron chi connectivity index (χ1n) is 4.17. The third-order valence-electron chi connectivity index (χ3n) is 1.75. The van der Waals surface area contributed by atoms with E-state index in [4.69, 9.17) is 5.73 Å². The van der Waals surface area contributed by atoms with Crippen molar-refractivity contribution in [2.24, 2.45) is 5.73 Å². The van der Waals surface area contributed by atoms with E-state index in [0.29, 0.717) is 0 Å². The molecule has 0 saturated carbocycles. The Balaban J connectivity index is 2.86. The number of halogens is 3. The number of alkyl halides is 3. The highest BCUT2D eigenvalue weighted by Gasteiger charge is 2.43. The van der Waals surface area contributed by atoms with Gasteiger partial charge in [-0.25, -0.2) is 0 Å². The standard InChI is InChI=1S/C8H10F3NOS2/c9-8(10,11)6(3-4-12)15(13)7-2-1-5-14-7/h1-2,5-6H,3-4,12H2. The van der Waals surface area contributed by atoms with Crippen LogP contribution in [0.3, 0.4) is 0 Å². The van der Waals surface area contributed by atoms with Gasteiger partial charge in [0.25, 0.3) is 0 Å². The van der Waals surface area contributed by atoms with E-state index < -0.39 is 22.2 Å². The fraction of sp³-hybridized carbons (Fsp3) is 0.500. The normalized spacial score (nSPS) is 16.3. The van der Waals surface area contributed by atoms with Crippen molar-refractivity contribution in [2.75, 3.05) is 6.54 Å². The molecule has 1 aromatic rings. The van der Waals surface area contributed by atoms with Gasteiger partial charge in [-0.2, -0.15) is 13.2 Å². The van der Waals surface area contributed by atoms with Gasteiger partial charge >= 0.3 is 6.18 Å². The van der Waals surface area contributed by atoms with E-state index >= 15 is 0 Å². The second-order valence-electron chi connectivity index (χ2n) is 2.84. The van der Waals surface area contributed by atoms with Crippen molar-refractivity contribution in [2.45, 2.75) is 22.1 Å². The van der Waals surface area contributed by atoms with Gasteiger partial charge in [0.1, 0.15) is 5.25 Å². The molecule has 1 heterocycles. The topological polar surface area (TPSA) is 43.1 Å². The second-order valence-corrected chi connectivity index (χ2v) is 5.65. The zero-order valence-corrected chi connectivity index (χ0v) is 9.29. The monoisotopic (exact) mass is 257 g/mol. The smallest absolute Gasteiger partial charge is 0.330 e. The van der Waals surface area contributed by atoms with Gasteiger partial charge in [0.2, 0.25) is 0 Å². The molecule has 0 saturated heterocycles. The molecule has 0 amide bonds. The van der Waals surface area contributed by atoms with Gasteiger partial charge in [0.05, 0.1) is 15.0 Å². The van der Waals surface area contributed by atoms with Crippen LogP contribution in [0.2, 0.25) is 0 Å². The zero-order chi connectivity index (χ0) is 11.5. The fourth-order valence-electron chi connectivity index (χ4n) is 1.06. The molecule has 1 aromatic heterocycles. The summed E-state index contributed by atoms with van der Waals surface area (Å²) in [6, 6.07) is 3.02. The fourth-order valence-corrected chi connectivity index (χ4v) is 3.49. The molecule has 0 radical (unpaired) electrons.